The van der Waals surface area contributed by atoms with Gasteiger partial charge in [0.2, 0.25) is 0 Å². The number of aromatic nitrogens is 1. The van der Waals surface area contributed by atoms with Crippen LogP contribution in [0.5, 0.6) is 0 Å². The maximum atomic E-state index is 5.88. The van der Waals surface area contributed by atoms with Crippen LogP contribution in [-0.2, 0) is 4.74 Å². The number of rotatable bonds is 6. The van der Waals surface area contributed by atoms with Gasteiger partial charge in [-0.05, 0) is 26.4 Å². The molecular formula is C14H25N3OS. The molecule has 0 aliphatic carbocycles. The van der Waals surface area contributed by atoms with Gasteiger partial charge in [-0.3, -0.25) is 4.90 Å². The highest BCUT2D eigenvalue weighted by Crippen LogP contribution is 2.27. The SMILES string of the molecule is CCCN1CCOC(c2nc(C(C)NCC)cs2)C1. The quantitative estimate of drug-likeness (QED) is 0.871. The first-order valence-electron chi connectivity index (χ1n) is 7.27. The van der Waals surface area contributed by atoms with Crippen molar-refractivity contribution in [2.75, 3.05) is 32.8 Å². The predicted molar refractivity (Wildman–Crippen MR) is 79.6 cm³/mol. The van der Waals surface area contributed by atoms with Crippen LogP contribution in [0, 0.1) is 0 Å². The van der Waals surface area contributed by atoms with Crippen molar-refractivity contribution < 1.29 is 4.74 Å². The van der Waals surface area contributed by atoms with Crippen LogP contribution in [0.15, 0.2) is 5.38 Å². The lowest BCUT2D eigenvalue weighted by molar-refractivity contribution is -0.0300. The fourth-order valence-corrected chi connectivity index (χ4v) is 3.38. The lowest BCUT2D eigenvalue weighted by Crippen LogP contribution is -2.38. The Labute approximate surface area is 120 Å². The van der Waals surface area contributed by atoms with Gasteiger partial charge < -0.3 is 10.1 Å². The Morgan fingerprint density at radius 1 is 1.58 bits per heavy atom. The first-order chi connectivity index (χ1) is 9.24. The van der Waals surface area contributed by atoms with Crippen LogP contribution in [0.25, 0.3) is 0 Å². The smallest absolute Gasteiger partial charge is 0.123 e. The molecule has 2 atom stereocenters. The third kappa shape index (κ3) is 3.99. The van der Waals surface area contributed by atoms with Crippen molar-refractivity contribution in [3.05, 3.63) is 16.1 Å². The standard InChI is InChI=1S/C14H25N3OS/c1-4-6-17-7-8-18-13(9-17)14-16-12(10-19-14)11(3)15-5-2/h10-11,13,15H,4-9H2,1-3H3. The monoisotopic (exact) mass is 283 g/mol. The van der Waals surface area contributed by atoms with Crippen LogP contribution in [0.1, 0.15) is 50.0 Å². The summed E-state index contributed by atoms with van der Waals surface area (Å²) >= 11 is 1.73. The molecule has 1 aliphatic heterocycles. The summed E-state index contributed by atoms with van der Waals surface area (Å²) in [5.41, 5.74) is 1.14. The Balaban J connectivity index is 1.97. The highest BCUT2D eigenvalue weighted by molar-refractivity contribution is 7.09. The number of thiazole rings is 1. The van der Waals surface area contributed by atoms with Gasteiger partial charge in [-0.15, -0.1) is 11.3 Å². The molecule has 108 valence electrons. The summed E-state index contributed by atoms with van der Waals surface area (Å²) in [6.45, 7) is 11.5. The zero-order chi connectivity index (χ0) is 13.7. The molecule has 2 heterocycles. The van der Waals surface area contributed by atoms with E-state index >= 15 is 0 Å². The summed E-state index contributed by atoms with van der Waals surface area (Å²) in [6.07, 6.45) is 1.36. The van der Waals surface area contributed by atoms with Crippen molar-refractivity contribution in [2.24, 2.45) is 0 Å². The van der Waals surface area contributed by atoms with Crippen molar-refractivity contribution >= 4 is 11.3 Å². The second-order valence-corrected chi connectivity index (χ2v) is 5.94. The molecule has 4 nitrogen and oxygen atoms in total. The molecule has 0 saturated carbocycles. The molecule has 1 aromatic rings. The molecule has 0 bridgehead atoms. The van der Waals surface area contributed by atoms with E-state index in [9.17, 15) is 0 Å². The van der Waals surface area contributed by atoms with Crippen molar-refractivity contribution in [1.82, 2.24) is 15.2 Å². The van der Waals surface area contributed by atoms with E-state index in [0.29, 0.717) is 6.04 Å². The van der Waals surface area contributed by atoms with E-state index in [4.69, 9.17) is 9.72 Å². The maximum Gasteiger partial charge on any atom is 0.123 e. The Bertz CT molecular complexity index is 381. The van der Waals surface area contributed by atoms with Gasteiger partial charge in [-0.1, -0.05) is 13.8 Å². The minimum absolute atomic E-state index is 0.160. The van der Waals surface area contributed by atoms with Crippen molar-refractivity contribution in [3.8, 4) is 0 Å². The maximum absolute atomic E-state index is 5.88. The van der Waals surface area contributed by atoms with Gasteiger partial charge in [0.05, 0.1) is 12.3 Å². The first-order valence-corrected chi connectivity index (χ1v) is 8.15. The van der Waals surface area contributed by atoms with E-state index in [1.807, 2.05) is 0 Å². The number of morpholine rings is 1. The summed E-state index contributed by atoms with van der Waals surface area (Å²) in [5, 5.41) is 6.68. The molecule has 1 aliphatic rings. The van der Waals surface area contributed by atoms with Gasteiger partial charge in [0.15, 0.2) is 0 Å². The Kier molecular flexibility index (Phi) is 5.76. The average molecular weight is 283 g/mol. The average Bonchev–Trinajstić information content (AvgIpc) is 2.89. The summed E-state index contributed by atoms with van der Waals surface area (Å²) < 4.78 is 5.88. The summed E-state index contributed by atoms with van der Waals surface area (Å²) in [5.74, 6) is 0. The summed E-state index contributed by atoms with van der Waals surface area (Å²) in [4.78, 5) is 7.23. The zero-order valence-electron chi connectivity index (χ0n) is 12.2. The van der Waals surface area contributed by atoms with E-state index in [1.54, 1.807) is 11.3 Å². The fourth-order valence-electron chi connectivity index (χ4n) is 2.43. The minimum atomic E-state index is 0.160. The predicted octanol–water partition coefficient (Wildman–Crippen LogP) is 2.60. The van der Waals surface area contributed by atoms with Gasteiger partial charge in [-0.25, -0.2) is 4.98 Å². The summed E-state index contributed by atoms with van der Waals surface area (Å²) in [7, 11) is 0. The van der Waals surface area contributed by atoms with Crippen LogP contribution in [0.3, 0.4) is 0 Å². The Morgan fingerprint density at radius 2 is 2.42 bits per heavy atom. The first kappa shape index (κ1) is 14.9. The van der Waals surface area contributed by atoms with E-state index in [1.165, 1.54) is 6.42 Å². The van der Waals surface area contributed by atoms with Gasteiger partial charge in [0.25, 0.3) is 0 Å². The van der Waals surface area contributed by atoms with Gasteiger partial charge in [-0.2, -0.15) is 0 Å². The van der Waals surface area contributed by atoms with Crippen LogP contribution in [-0.4, -0.2) is 42.7 Å². The molecular weight excluding hydrogens is 258 g/mol. The van der Waals surface area contributed by atoms with E-state index < -0.39 is 0 Å². The second kappa shape index (κ2) is 7.33. The number of hydrogen-bond acceptors (Lipinski definition) is 5. The van der Waals surface area contributed by atoms with Crippen LogP contribution in [0.2, 0.25) is 0 Å². The second-order valence-electron chi connectivity index (χ2n) is 5.05. The third-order valence-corrected chi connectivity index (χ3v) is 4.41. The van der Waals surface area contributed by atoms with Gasteiger partial charge in [0.1, 0.15) is 11.1 Å². The topological polar surface area (TPSA) is 37.4 Å². The van der Waals surface area contributed by atoms with Crippen LogP contribution < -0.4 is 5.32 Å². The lowest BCUT2D eigenvalue weighted by atomic mass is 10.2. The molecule has 1 aromatic heterocycles. The molecule has 1 N–H and O–H groups in total. The number of ether oxygens (including phenoxy) is 1. The van der Waals surface area contributed by atoms with Gasteiger partial charge in [0, 0.05) is 24.5 Å². The Hall–Kier alpha value is -0.490. The van der Waals surface area contributed by atoms with E-state index in [2.05, 4.69) is 36.4 Å². The number of hydrogen-bond donors (Lipinski definition) is 1. The molecule has 2 rings (SSSR count). The van der Waals surface area contributed by atoms with Gasteiger partial charge >= 0.3 is 0 Å². The largest absolute Gasteiger partial charge is 0.368 e. The molecule has 19 heavy (non-hydrogen) atoms. The summed E-state index contributed by atoms with van der Waals surface area (Å²) in [6, 6.07) is 0.324. The number of nitrogens with zero attached hydrogens (tertiary/aromatic N) is 2. The molecule has 0 radical (unpaired) electrons. The zero-order valence-corrected chi connectivity index (χ0v) is 13.0. The minimum Gasteiger partial charge on any atom is -0.368 e. The van der Waals surface area contributed by atoms with E-state index in [0.717, 1.165) is 43.5 Å². The third-order valence-electron chi connectivity index (χ3n) is 3.46. The highest BCUT2D eigenvalue weighted by Gasteiger charge is 2.24. The van der Waals surface area contributed by atoms with Crippen LogP contribution >= 0.6 is 11.3 Å². The molecule has 1 fully saturated rings. The lowest BCUT2D eigenvalue weighted by Gasteiger charge is -2.31. The molecule has 0 spiro atoms. The molecule has 1 saturated heterocycles. The van der Waals surface area contributed by atoms with Crippen molar-refractivity contribution in [2.45, 2.75) is 39.3 Å². The van der Waals surface area contributed by atoms with E-state index in [-0.39, 0.29) is 6.10 Å². The van der Waals surface area contributed by atoms with Crippen LogP contribution in [0.4, 0.5) is 0 Å². The molecule has 5 heteroatoms. The highest BCUT2D eigenvalue weighted by atomic mass is 32.1. The van der Waals surface area contributed by atoms with Crippen molar-refractivity contribution in [1.29, 1.82) is 0 Å². The molecule has 0 amide bonds. The normalized spacial score (nSPS) is 22.6. The molecule has 2 unspecified atom stereocenters. The Morgan fingerprint density at radius 3 is 3.16 bits per heavy atom. The molecule has 0 aromatic carbocycles. The number of nitrogens with one attached hydrogen (secondary N) is 1. The van der Waals surface area contributed by atoms with Crippen molar-refractivity contribution in [3.63, 3.8) is 0 Å². The fraction of sp³-hybridized carbons (Fsp3) is 0.786.